The minimum Gasteiger partial charge on any atom is -0.394 e. The normalized spacial score (nSPS) is 52.1. The Kier molecular flexibility index (Phi) is 10.3. The molecule has 2 aliphatic heterocycles. The van der Waals surface area contributed by atoms with Gasteiger partial charge in [0.2, 0.25) is 0 Å². The predicted octanol–water partition coefficient (Wildman–Crippen LogP) is -4.46. The van der Waals surface area contributed by atoms with Crippen molar-refractivity contribution in [3.05, 3.63) is 0 Å². The average Bonchev–Trinajstić information content (AvgIpc) is 2.81. The Morgan fingerprint density at radius 1 is 0.919 bits per heavy atom. The van der Waals surface area contributed by atoms with Gasteiger partial charge >= 0.3 is 0 Å². The molecule has 3 rings (SSSR count). The molecule has 0 spiro atoms. The smallest absolute Gasteiger partial charge is 0.184 e. The average molecular weight is 539 g/mol. The maximum absolute atomic E-state index is 11.2. The number of rotatable bonds is 8. The van der Waals surface area contributed by atoms with Crippen molar-refractivity contribution in [3.8, 4) is 0 Å². The van der Waals surface area contributed by atoms with Crippen LogP contribution in [0.2, 0.25) is 0 Å². The first kappa shape index (κ1) is 31.0. The summed E-state index contributed by atoms with van der Waals surface area (Å²) in [7, 11) is 0. The fraction of sp³-hybridized carbons (Fsp3) is 1.00. The summed E-state index contributed by atoms with van der Waals surface area (Å²) in [6, 6.07) is -3.01. The largest absolute Gasteiger partial charge is 0.394 e. The molecule has 14 nitrogen and oxygen atoms in total. The lowest BCUT2D eigenvalue weighted by Gasteiger charge is -2.51. The topological polar surface area (TPSA) is 262 Å². The first-order valence-corrected chi connectivity index (χ1v) is 12.9. The van der Waals surface area contributed by atoms with E-state index in [1.165, 1.54) is 6.92 Å². The highest BCUT2D eigenvalue weighted by Gasteiger charge is 2.54. The molecule has 0 aromatic rings. The van der Waals surface area contributed by atoms with Crippen LogP contribution in [0, 0.1) is 5.92 Å². The number of hydrogen-bond acceptors (Lipinski definition) is 14. The van der Waals surface area contributed by atoms with Gasteiger partial charge in [0.25, 0.3) is 0 Å². The molecule has 2 heterocycles. The number of hydrogen-bond donors (Lipinski definition) is 10. The van der Waals surface area contributed by atoms with Crippen LogP contribution in [0.4, 0.5) is 0 Å². The number of nitrogens with two attached hydrogens (primary N) is 4. The minimum absolute atomic E-state index is 0.157. The summed E-state index contributed by atoms with van der Waals surface area (Å²) in [4.78, 5) is 0. The van der Waals surface area contributed by atoms with Crippen LogP contribution in [-0.2, 0) is 18.9 Å². The Balaban J connectivity index is 1.76. The summed E-state index contributed by atoms with van der Waals surface area (Å²) in [5.41, 5.74) is 22.9. The highest BCUT2D eigenvalue weighted by molar-refractivity contribution is 5.02. The number of ether oxygens (including phenoxy) is 4. The number of aliphatic hydroxyl groups is 6. The summed E-state index contributed by atoms with van der Waals surface area (Å²) >= 11 is 0. The molecule has 14 N–H and O–H groups in total. The van der Waals surface area contributed by atoms with Gasteiger partial charge in [-0.3, -0.25) is 0 Å². The fourth-order valence-electron chi connectivity index (χ4n) is 5.73. The lowest BCUT2D eigenvalue weighted by Crippen LogP contribution is -2.69. The van der Waals surface area contributed by atoms with E-state index in [1.807, 2.05) is 0 Å². The Morgan fingerprint density at radius 3 is 2.00 bits per heavy atom. The quantitative estimate of drug-likeness (QED) is 0.140. The van der Waals surface area contributed by atoms with Crippen LogP contribution < -0.4 is 22.9 Å². The molecule has 16 unspecified atom stereocenters. The third-order valence-electron chi connectivity index (χ3n) is 7.99. The van der Waals surface area contributed by atoms with Crippen LogP contribution in [0.1, 0.15) is 40.0 Å². The molecule has 14 heteroatoms. The van der Waals surface area contributed by atoms with Gasteiger partial charge in [-0.25, -0.2) is 0 Å². The number of aliphatic hydroxyl groups excluding tert-OH is 5. The predicted molar refractivity (Wildman–Crippen MR) is 129 cm³/mol. The molecular weight excluding hydrogens is 492 g/mol. The van der Waals surface area contributed by atoms with E-state index in [9.17, 15) is 30.6 Å². The summed E-state index contributed by atoms with van der Waals surface area (Å²) < 4.78 is 23.4. The highest BCUT2D eigenvalue weighted by atomic mass is 16.7. The Labute approximate surface area is 216 Å². The van der Waals surface area contributed by atoms with Crippen molar-refractivity contribution in [2.24, 2.45) is 28.9 Å². The van der Waals surface area contributed by atoms with Crippen molar-refractivity contribution >= 4 is 0 Å². The second-order valence-corrected chi connectivity index (χ2v) is 11.0. The molecule has 1 saturated carbocycles. The van der Waals surface area contributed by atoms with Gasteiger partial charge in [0, 0.05) is 24.0 Å². The zero-order valence-electron chi connectivity index (χ0n) is 21.6. The Morgan fingerprint density at radius 2 is 1.49 bits per heavy atom. The van der Waals surface area contributed by atoms with Crippen LogP contribution in [0.15, 0.2) is 0 Å². The van der Waals surface area contributed by atoms with Gasteiger partial charge in [0.15, 0.2) is 12.6 Å². The van der Waals surface area contributed by atoms with Crippen LogP contribution in [0.25, 0.3) is 0 Å². The summed E-state index contributed by atoms with van der Waals surface area (Å²) in [5.74, 6) is -0.682. The van der Waals surface area contributed by atoms with Gasteiger partial charge in [0.05, 0.1) is 24.4 Å². The standard InChI is InChI=1S/C23H46N4O10/c1-4-9-15(29)22(35-13(7-28)23(9,3)33)37-20-11(26)6-10(25)19(18(20)32)36-21-14(27)17(31)16(30)12(34-21)5-8(2)24/h8-22,28-33H,4-7,24-27H2,1-3H3. The van der Waals surface area contributed by atoms with Crippen molar-refractivity contribution in [1.82, 2.24) is 0 Å². The van der Waals surface area contributed by atoms with E-state index in [4.69, 9.17) is 41.9 Å². The second-order valence-electron chi connectivity index (χ2n) is 11.0. The van der Waals surface area contributed by atoms with Gasteiger partial charge in [0.1, 0.15) is 42.7 Å². The first-order valence-electron chi connectivity index (χ1n) is 12.9. The van der Waals surface area contributed by atoms with Crippen LogP contribution in [-0.4, -0.2) is 128 Å². The first-order chi connectivity index (χ1) is 17.2. The second kappa shape index (κ2) is 12.3. The fourth-order valence-corrected chi connectivity index (χ4v) is 5.73. The molecule has 218 valence electrons. The molecule has 16 atom stereocenters. The summed E-state index contributed by atoms with van der Waals surface area (Å²) in [6.07, 6.45) is -11.2. The molecule has 3 fully saturated rings. The van der Waals surface area contributed by atoms with Crippen LogP contribution in [0.5, 0.6) is 0 Å². The molecule has 0 bridgehead atoms. The van der Waals surface area contributed by atoms with Crippen molar-refractivity contribution in [2.45, 2.75) is 131 Å². The zero-order valence-corrected chi connectivity index (χ0v) is 21.6. The molecule has 37 heavy (non-hydrogen) atoms. The van der Waals surface area contributed by atoms with Gasteiger partial charge < -0.3 is 72.5 Å². The molecule has 0 radical (unpaired) electrons. The van der Waals surface area contributed by atoms with E-state index < -0.39 is 97.7 Å². The molecule has 2 saturated heterocycles. The molecule has 0 aromatic carbocycles. The van der Waals surface area contributed by atoms with Crippen molar-refractivity contribution in [3.63, 3.8) is 0 Å². The van der Waals surface area contributed by atoms with E-state index in [0.29, 0.717) is 6.42 Å². The van der Waals surface area contributed by atoms with Crippen molar-refractivity contribution in [2.75, 3.05) is 6.61 Å². The Hall–Kier alpha value is -0.560. The maximum atomic E-state index is 11.2. The lowest BCUT2D eigenvalue weighted by molar-refractivity contribution is -0.341. The maximum Gasteiger partial charge on any atom is 0.184 e. The SMILES string of the molecule is CCC1C(O)C(OC2C(N)CC(N)C(OC3OC(CC(C)N)C(O)C(O)C3N)C2O)OC(CO)C1(C)O. The third kappa shape index (κ3) is 6.28. The highest BCUT2D eigenvalue weighted by Crippen LogP contribution is 2.38. The van der Waals surface area contributed by atoms with E-state index in [0.717, 1.165) is 0 Å². The van der Waals surface area contributed by atoms with E-state index >= 15 is 0 Å². The summed E-state index contributed by atoms with van der Waals surface area (Å²) in [5, 5.41) is 63.4. The van der Waals surface area contributed by atoms with Crippen molar-refractivity contribution < 1.29 is 49.6 Å². The van der Waals surface area contributed by atoms with Gasteiger partial charge in [-0.05, 0) is 33.1 Å². The van der Waals surface area contributed by atoms with Crippen molar-refractivity contribution in [1.29, 1.82) is 0 Å². The lowest BCUT2D eigenvalue weighted by atomic mass is 9.76. The van der Waals surface area contributed by atoms with Crippen LogP contribution in [0.3, 0.4) is 0 Å². The molecule has 1 aliphatic carbocycles. The van der Waals surface area contributed by atoms with Crippen LogP contribution >= 0.6 is 0 Å². The zero-order chi connectivity index (χ0) is 27.8. The minimum atomic E-state index is -1.51. The molecule has 0 amide bonds. The molecular formula is C23H46N4O10. The monoisotopic (exact) mass is 538 g/mol. The van der Waals surface area contributed by atoms with E-state index in [1.54, 1.807) is 13.8 Å². The molecule has 0 aromatic heterocycles. The Bertz CT molecular complexity index is 736. The van der Waals surface area contributed by atoms with E-state index in [-0.39, 0.29) is 18.9 Å². The van der Waals surface area contributed by atoms with E-state index in [2.05, 4.69) is 0 Å². The third-order valence-corrected chi connectivity index (χ3v) is 7.99. The van der Waals surface area contributed by atoms with Gasteiger partial charge in [-0.15, -0.1) is 0 Å². The van der Waals surface area contributed by atoms with Gasteiger partial charge in [-0.1, -0.05) is 6.92 Å². The summed E-state index contributed by atoms with van der Waals surface area (Å²) in [6.45, 7) is 4.46. The van der Waals surface area contributed by atoms with Gasteiger partial charge in [-0.2, -0.15) is 0 Å². The molecule has 3 aliphatic rings.